The van der Waals surface area contributed by atoms with E-state index in [0.717, 1.165) is 16.7 Å². The number of carbonyl (C=O) groups excluding carboxylic acids is 2. The number of nitrogens with two attached hydrogens (primary N) is 1. The number of nitrogens with zero attached hydrogens (tertiary/aromatic N) is 2. The minimum absolute atomic E-state index is 0.0341. The number of pyridine rings is 1. The third kappa shape index (κ3) is 5.31. The Morgan fingerprint density at radius 2 is 1.71 bits per heavy atom. The molecule has 0 bridgehead atoms. The molecule has 4 rings (SSSR count). The Hall–Kier alpha value is -4.00. The van der Waals surface area contributed by atoms with Crippen molar-refractivity contribution in [2.45, 2.75) is 32.4 Å². The molecule has 1 aliphatic heterocycles. The van der Waals surface area contributed by atoms with Crippen molar-refractivity contribution in [3.63, 3.8) is 0 Å². The van der Waals surface area contributed by atoms with E-state index in [-0.39, 0.29) is 36.3 Å². The van der Waals surface area contributed by atoms with Gasteiger partial charge < -0.3 is 15.4 Å². The molecule has 2 atom stereocenters. The molecule has 2 heterocycles. The molecule has 3 N–H and O–H groups in total. The minimum Gasteiger partial charge on any atom is -0.461 e. The summed E-state index contributed by atoms with van der Waals surface area (Å²) in [6.45, 7) is 2.70. The summed E-state index contributed by atoms with van der Waals surface area (Å²) < 4.78 is 5.47. The average Bonchev–Trinajstić information content (AvgIpc) is 2.87. The van der Waals surface area contributed by atoms with E-state index in [4.69, 9.17) is 15.9 Å². The van der Waals surface area contributed by atoms with E-state index in [1.54, 1.807) is 12.4 Å². The van der Waals surface area contributed by atoms with Crippen LogP contribution in [0.25, 0.3) is 11.1 Å². The van der Waals surface area contributed by atoms with Crippen molar-refractivity contribution in [3.05, 3.63) is 89.7 Å². The lowest BCUT2D eigenvalue weighted by Gasteiger charge is -2.36. The van der Waals surface area contributed by atoms with Crippen LogP contribution in [0.3, 0.4) is 0 Å². The predicted molar refractivity (Wildman–Crippen MR) is 130 cm³/mol. The van der Waals surface area contributed by atoms with E-state index in [1.165, 1.54) is 0 Å². The van der Waals surface area contributed by atoms with Crippen LogP contribution in [0.2, 0.25) is 0 Å². The molecule has 1 fully saturated rings. The monoisotopic (exact) mass is 456 g/mol. The number of aromatic nitrogens is 1. The number of hydrogen-bond donors (Lipinski definition) is 2. The Balaban J connectivity index is 1.34. The zero-order valence-corrected chi connectivity index (χ0v) is 19.1. The smallest absolute Gasteiger partial charge is 0.309 e. The Morgan fingerprint density at radius 1 is 1.06 bits per heavy atom. The SMILES string of the molecule is CC1CC(C(=O)OCc2cccnc2)CCN1C(=O)c1ccc(-c2ccc(C(=N)N)cc2)cc1. The number of esters is 1. The third-order valence-corrected chi connectivity index (χ3v) is 6.24. The van der Waals surface area contributed by atoms with Crippen LogP contribution in [0.5, 0.6) is 0 Å². The molecule has 3 aromatic rings. The van der Waals surface area contributed by atoms with Crippen molar-refractivity contribution in [2.75, 3.05) is 6.54 Å². The topological polar surface area (TPSA) is 109 Å². The molecule has 7 heteroatoms. The molecule has 2 unspecified atom stereocenters. The van der Waals surface area contributed by atoms with Crippen molar-refractivity contribution in [1.29, 1.82) is 5.41 Å². The van der Waals surface area contributed by atoms with Crippen molar-refractivity contribution in [1.82, 2.24) is 9.88 Å². The number of ether oxygens (including phenoxy) is 1. The molecule has 0 spiro atoms. The van der Waals surface area contributed by atoms with Gasteiger partial charge in [0.2, 0.25) is 0 Å². The van der Waals surface area contributed by atoms with Crippen molar-refractivity contribution in [3.8, 4) is 11.1 Å². The van der Waals surface area contributed by atoms with E-state index in [1.807, 2.05) is 72.5 Å². The van der Waals surface area contributed by atoms with Crippen molar-refractivity contribution < 1.29 is 14.3 Å². The molecule has 2 aromatic carbocycles. The maximum Gasteiger partial charge on any atom is 0.309 e. The van der Waals surface area contributed by atoms with Crippen LogP contribution in [0, 0.1) is 11.3 Å². The highest BCUT2D eigenvalue weighted by Gasteiger charge is 2.33. The lowest BCUT2D eigenvalue weighted by molar-refractivity contribution is -0.152. The molecule has 0 radical (unpaired) electrons. The standard InChI is InChI=1S/C27H28N4O3/c1-18-15-24(27(33)34-17-19-3-2-13-30-16-19)12-14-31(18)26(32)23-10-6-21(7-11-23)20-4-8-22(9-5-20)25(28)29/h2-11,13,16,18,24H,12,14-15,17H2,1H3,(H3,28,29). The number of hydrogen-bond acceptors (Lipinski definition) is 5. The highest BCUT2D eigenvalue weighted by Crippen LogP contribution is 2.27. The first-order valence-electron chi connectivity index (χ1n) is 11.3. The highest BCUT2D eigenvalue weighted by atomic mass is 16.5. The Labute approximate surface area is 199 Å². The van der Waals surface area contributed by atoms with E-state index < -0.39 is 0 Å². The number of rotatable bonds is 6. The van der Waals surface area contributed by atoms with E-state index >= 15 is 0 Å². The van der Waals surface area contributed by atoms with Gasteiger partial charge in [0.25, 0.3) is 5.91 Å². The summed E-state index contributed by atoms with van der Waals surface area (Å²) in [7, 11) is 0. The van der Waals surface area contributed by atoms with E-state index in [2.05, 4.69) is 4.98 Å². The third-order valence-electron chi connectivity index (χ3n) is 6.24. The second kappa shape index (κ2) is 10.3. The van der Waals surface area contributed by atoms with Crippen LogP contribution < -0.4 is 5.73 Å². The number of likely N-dealkylation sites (tertiary alicyclic amines) is 1. The first kappa shape index (κ1) is 23.2. The second-order valence-corrected chi connectivity index (χ2v) is 8.61. The van der Waals surface area contributed by atoms with Crippen LogP contribution >= 0.6 is 0 Å². The summed E-state index contributed by atoms with van der Waals surface area (Å²) in [5.74, 6) is -0.431. The van der Waals surface area contributed by atoms with Gasteiger partial charge in [-0.2, -0.15) is 0 Å². The first-order chi connectivity index (χ1) is 16.4. The molecule has 1 aliphatic rings. The first-order valence-corrected chi connectivity index (χ1v) is 11.3. The van der Waals surface area contributed by atoms with Gasteiger partial charge in [-0.3, -0.25) is 20.0 Å². The summed E-state index contributed by atoms with van der Waals surface area (Å²) in [6, 6.07) is 18.6. The largest absolute Gasteiger partial charge is 0.461 e. The second-order valence-electron chi connectivity index (χ2n) is 8.61. The van der Waals surface area contributed by atoms with Gasteiger partial charge in [0.05, 0.1) is 5.92 Å². The molecule has 1 saturated heterocycles. The molecule has 34 heavy (non-hydrogen) atoms. The Bertz CT molecular complexity index is 1160. The fourth-order valence-electron chi connectivity index (χ4n) is 4.26. The highest BCUT2D eigenvalue weighted by molar-refractivity contribution is 5.96. The van der Waals surface area contributed by atoms with Crippen LogP contribution in [-0.2, 0) is 16.1 Å². The van der Waals surface area contributed by atoms with Crippen LogP contribution in [0.15, 0.2) is 73.1 Å². The zero-order valence-electron chi connectivity index (χ0n) is 19.1. The van der Waals surface area contributed by atoms with E-state index in [0.29, 0.717) is 30.5 Å². The summed E-state index contributed by atoms with van der Waals surface area (Å²) in [5, 5.41) is 7.50. The summed E-state index contributed by atoms with van der Waals surface area (Å²) in [5.41, 5.74) is 9.64. The maximum absolute atomic E-state index is 13.1. The molecular weight excluding hydrogens is 428 g/mol. The van der Waals surface area contributed by atoms with Crippen LogP contribution in [-0.4, -0.2) is 40.2 Å². The fourth-order valence-corrected chi connectivity index (χ4v) is 4.26. The molecule has 0 saturated carbocycles. The molecule has 1 amide bonds. The number of amides is 1. The van der Waals surface area contributed by atoms with Crippen LogP contribution in [0.4, 0.5) is 0 Å². The molecule has 0 aliphatic carbocycles. The molecule has 7 nitrogen and oxygen atoms in total. The number of amidine groups is 1. The Morgan fingerprint density at radius 3 is 2.26 bits per heavy atom. The van der Waals surface area contributed by atoms with Gasteiger partial charge >= 0.3 is 5.97 Å². The van der Waals surface area contributed by atoms with Crippen molar-refractivity contribution in [2.24, 2.45) is 11.7 Å². The summed E-state index contributed by atoms with van der Waals surface area (Å²) in [4.78, 5) is 31.5. The molecule has 1 aromatic heterocycles. The summed E-state index contributed by atoms with van der Waals surface area (Å²) >= 11 is 0. The maximum atomic E-state index is 13.1. The average molecular weight is 457 g/mol. The van der Waals surface area contributed by atoms with Crippen LogP contribution in [0.1, 0.15) is 41.3 Å². The lowest BCUT2D eigenvalue weighted by Crippen LogP contribution is -2.46. The normalized spacial score (nSPS) is 17.7. The van der Waals surface area contributed by atoms with Gasteiger partial charge in [0.1, 0.15) is 12.4 Å². The lowest BCUT2D eigenvalue weighted by atomic mass is 9.91. The number of benzene rings is 2. The number of piperidine rings is 1. The molecule has 174 valence electrons. The predicted octanol–water partition coefficient (Wildman–Crippen LogP) is 4.02. The zero-order chi connectivity index (χ0) is 24.1. The molecular formula is C27H28N4O3. The van der Waals surface area contributed by atoms with E-state index in [9.17, 15) is 9.59 Å². The quantitative estimate of drug-likeness (QED) is 0.331. The summed E-state index contributed by atoms with van der Waals surface area (Å²) in [6.07, 6.45) is 4.53. The number of carbonyl (C=O) groups is 2. The fraction of sp³-hybridized carbons (Fsp3) is 0.259. The van der Waals surface area contributed by atoms with Crippen molar-refractivity contribution >= 4 is 17.7 Å². The number of nitrogen functional groups attached to an aromatic ring is 1. The van der Waals surface area contributed by atoms with Gasteiger partial charge in [0, 0.05) is 41.7 Å². The number of nitrogens with one attached hydrogen (secondary N) is 1. The van der Waals surface area contributed by atoms with Gasteiger partial charge in [-0.1, -0.05) is 42.5 Å². The Kier molecular flexibility index (Phi) is 7.01. The minimum atomic E-state index is -0.219. The van der Waals surface area contributed by atoms with Gasteiger partial charge in [-0.05, 0) is 49.1 Å². The van der Waals surface area contributed by atoms with Gasteiger partial charge in [-0.25, -0.2) is 0 Å². The van der Waals surface area contributed by atoms with Gasteiger partial charge in [0.15, 0.2) is 0 Å². The van der Waals surface area contributed by atoms with Gasteiger partial charge in [-0.15, -0.1) is 0 Å².